The summed E-state index contributed by atoms with van der Waals surface area (Å²) >= 11 is 5.84. The van der Waals surface area contributed by atoms with Gasteiger partial charge in [-0.15, -0.1) is 0 Å². The first-order chi connectivity index (χ1) is 15.6. The first-order valence-electron chi connectivity index (χ1n) is 11.4. The van der Waals surface area contributed by atoms with Crippen LogP contribution < -0.4 is 5.32 Å². The van der Waals surface area contributed by atoms with Gasteiger partial charge < -0.3 is 20.1 Å². The Labute approximate surface area is 197 Å². The topological polar surface area (TPSA) is 87.4 Å². The number of nitrogens with zero attached hydrogens (tertiary/aromatic N) is 2. The van der Waals surface area contributed by atoms with E-state index in [-0.39, 0.29) is 16.8 Å². The maximum Gasteiger partial charge on any atom is 0.274 e. The second-order valence-corrected chi connectivity index (χ2v) is 10.3. The second-order valence-electron chi connectivity index (χ2n) is 9.94. The van der Waals surface area contributed by atoms with Crippen molar-refractivity contribution in [3.05, 3.63) is 46.8 Å². The molecule has 3 N–H and O–H groups in total. The average molecular weight is 472 g/mol. The molecule has 2 unspecified atom stereocenters. The van der Waals surface area contributed by atoms with Crippen molar-refractivity contribution in [2.75, 3.05) is 5.32 Å². The van der Waals surface area contributed by atoms with Crippen molar-refractivity contribution < 1.29 is 19.4 Å². The number of halogens is 2. The minimum absolute atomic E-state index is 0.0540. The predicted molar refractivity (Wildman–Crippen MR) is 122 cm³/mol. The monoisotopic (exact) mass is 471 g/mol. The van der Waals surface area contributed by atoms with E-state index in [1.807, 2.05) is 0 Å². The highest BCUT2D eigenvalue weighted by molar-refractivity contribution is 6.31. The van der Waals surface area contributed by atoms with E-state index in [2.05, 4.69) is 22.1 Å². The van der Waals surface area contributed by atoms with E-state index in [9.17, 15) is 19.4 Å². The lowest BCUT2D eigenvalue weighted by molar-refractivity contribution is 0.0223. The number of carbonyl (C=O) groups excluding carboxylic acids is 1. The van der Waals surface area contributed by atoms with Gasteiger partial charge in [0.15, 0.2) is 0 Å². The van der Waals surface area contributed by atoms with Gasteiger partial charge in [-0.2, -0.15) is 0 Å². The van der Waals surface area contributed by atoms with Gasteiger partial charge in [0.25, 0.3) is 5.91 Å². The highest BCUT2D eigenvalue weighted by Gasteiger charge is 2.49. The van der Waals surface area contributed by atoms with Crippen LogP contribution in [0.2, 0.25) is 5.02 Å². The third kappa shape index (κ3) is 4.28. The van der Waals surface area contributed by atoms with Crippen LogP contribution in [-0.4, -0.2) is 36.9 Å². The SMILES string of the molecule is Cn1cnc(C2CC3CC(O)(C#CC4(O)CCC4)CC3C2)c1C(=O)Nc1ccc(F)c(Cl)c1. The molecule has 6 nitrogen and oxygen atoms in total. The minimum atomic E-state index is -1.04. The Bertz CT molecular complexity index is 1150. The van der Waals surface area contributed by atoms with E-state index in [4.69, 9.17) is 11.6 Å². The fourth-order valence-corrected chi connectivity index (χ4v) is 5.83. The van der Waals surface area contributed by atoms with Crippen LogP contribution >= 0.6 is 11.6 Å². The summed E-state index contributed by atoms with van der Waals surface area (Å²) < 4.78 is 15.1. The number of carbonyl (C=O) groups is 1. The Morgan fingerprint density at radius 1 is 1.21 bits per heavy atom. The zero-order valence-corrected chi connectivity index (χ0v) is 19.2. The van der Waals surface area contributed by atoms with Crippen molar-refractivity contribution >= 4 is 23.2 Å². The molecular weight excluding hydrogens is 445 g/mol. The largest absolute Gasteiger partial charge is 0.378 e. The highest BCUT2D eigenvalue weighted by atomic mass is 35.5. The summed E-state index contributed by atoms with van der Waals surface area (Å²) in [6.45, 7) is 0. The number of rotatable bonds is 3. The molecule has 1 heterocycles. The molecule has 1 aromatic heterocycles. The molecule has 0 saturated heterocycles. The normalized spacial score (nSPS) is 29.7. The Hall–Kier alpha value is -2.40. The van der Waals surface area contributed by atoms with E-state index in [1.54, 1.807) is 17.9 Å². The number of aromatic nitrogens is 2. The first-order valence-corrected chi connectivity index (χ1v) is 11.8. The van der Waals surface area contributed by atoms with Gasteiger partial charge in [-0.3, -0.25) is 4.79 Å². The third-order valence-electron chi connectivity index (χ3n) is 7.49. The standard InChI is InChI=1S/C25H27ClFN3O3/c1-30-14-28-21(22(30)23(31)29-18-3-4-20(27)19(26)11-18)15-9-16-12-25(33,13-17(16)10-15)8-7-24(32)5-2-6-24/h3-4,11,14-17,32-33H,2,5-6,9-10,12-13H2,1H3,(H,29,31). The number of benzene rings is 1. The van der Waals surface area contributed by atoms with E-state index in [1.165, 1.54) is 18.2 Å². The maximum atomic E-state index is 13.4. The molecule has 3 fully saturated rings. The average Bonchev–Trinajstić information content (AvgIpc) is 3.39. The quantitative estimate of drug-likeness (QED) is 0.590. The summed E-state index contributed by atoms with van der Waals surface area (Å²) in [4.78, 5) is 17.6. The van der Waals surface area contributed by atoms with Crippen molar-refractivity contribution in [1.82, 2.24) is 9.55 Å². The molecule has 33 heavy (non-hydrogen) atoms. The Morgan fingerprint density at radius 2 is 1.88 bits per heavy atom. The number of anilines is 1. The van der Waals surface area contributed by atoms with Crippen molar-refractivity contribution in [3.8, 4) is 11.8 Å². The summed E-state index contributed by atoms with van der Waals surface area (Å²) in [6.07, 6.45) is 6.80. The number of imidazole rings is 1. The van der Waals surface area contributed by atoms with E-state index in [0.29, 0.717) is 48.9 Å². The summed E-state index contributed by atoms with van der Waals surface area (Å²) in [5.41, 5.74) is -0.323. The number of hydrogen-bond acceptors (Lipinski definition) is 4. The molecule has 0 aliphatic heterocycles. The van der Waals surface area contributed by atoms with Crippen LogP contribution in [0.15, 0.2) is 24.5 Å². The van der Waals surface area contributed by atoms with Crippen molar-refractivity contribution in [1.29, 1.82) is 0 Å². The fourth-order valence-electron chi connectivity index (χ4n) is 5.65. The van der Waals surface area contributed by atoms with Gasteiger partial charge in [-0.1, -0.05) is 23.4 Å². The molecule has 0 spiro atoms. The second kappa shape index (κ2) is 8.12. The number of fused-ring (bicyclic) bond motifs is 1. The van der Waals surface area contributed by atoms with Crippen LogP contribution in [0.25, 0.3) is 0 Å². The molecule has 3 aliphatic rings. The van der Waals surface area contributed by atoms with Gasteiger partial charge in [-0.25, -0.2) is 9.37 Å². The number of nitrogens with one attached hydrogen (secondary N) is 1. The van der Waals surface area contributed by atoms with Crippen LogP contribution in [0.4, 0.5) is 10.1 Å². The molecule has 1 aromatic carbocycles. The molecule has 3 saturated carbocycles. The number of aryl methyl sites for hydroxylation is 1. The van der Waals surface area contributed by atoms with Crippen molar-refractivity contribution in [2.24, 2.45) is 18.9 Å². The van der Waals surface area contributed by atoms with Crippen LogP contribution in [0.5, 0.6) is 0 Å². The fraction of sp³-hybridized carbons (Fsp3) is 0.520. The van der Waals surface area contributed by atoms with Crippen LogP contribution in [-0.2, 0) is 7.05 Å². The van der Waals surface area contributed by atoms with Gasteiger partial charge in [0.1, 0.15) is 22.7 Å². The number of aliphatic hydroxyl groups is 2. The maximum absolute atomic E-state index is 13.4. The molecule has 2 atom stereocenters. The molecular formula is C25H27ClFN3O3. The molecule has 2 aromatic rings. The van der Waals surface area contributed by atoms with E-state index < -0.39 is 17.0 Å². The summed E-state index contributed by atoms with van der Waals surface area (Å²) in [5, 5.41) is 24.0. The molecule has 174 valence electrons. The van der Waals surface area contributed by atoms with Crippen molar-refractivity contribution in [3.63, 3.8) is 0 Å². The van der Waals surface area contributed by atoms with Gasteiger partial charge >= 0.3 is 0 Å². The smallest absolute Gasteiger partial charge is 0.274 e. The highest BCUT2D eigenvalue weighted by Crippen LogP contribution is 2.54. The Balaban J connectivity index is 1.29. The molecule has 3 aliphatic carbocycles. The summed E-state index contributed by atoms with van der Waals surface area (Å²) in [7, 11) is 1.78. The van der Waals surface area contributed by atoms with Crippen LogP contribution in [0.3, 0.4) is 0 Å². The van der Waals surface area contributed by atoms with Gasteiger partial charge in [0.05, 0.1) is 17.0 Å². The lowest BCUT2D eigenvalue weighted by Crippen LogP contribution is -2.36. The zero-order chi connectivity index (χ0) is 23.4. The summed E-state index contributed by atoms with van der Waals surface area (Å²) in [5.74, 6) is 5.78. The zero-order valence-electron chi connectivity index (χ0n) is 18.4. The number of hydrogen-bond donors (Lipinski definition) is 3. The first kappa shape index (κ1) is 22.4. The van der Waals surface area contributed by atoms with Gasteiger partial charge in [0, 0.05) is 18.7 Å². The van der Waals surface area contributed by atoms with Gasteiger partial charge in [0.2, 0.25) is 0 Å². The van der Waals surface area contributed by atoms with E-state index >= 15 is 0 Å². The number of amides is 1. The molecule has 0 bridgehead atoms. The van der Waals surface area contributed by atoms with Crippen molar-refractivity contribution in [2.45, 2.75) is 62.1 Å². The van der Waals surface area contributed by atoms with E-state index in [0.717, 1.165) is 25.0 Å². The molecule has 5 rings (SSSR count). The molecule has 8 heteroatoms. The molecule has 1 amide bonds. The predicted octanol–water partition coefficient (Wildman–Crippen LogP) is 4.02. The summed E-state index contributed by atoms with van der Waals surface area (Å²) in [6, 6.07) is 4.07. The van der Waals surface area contributed by atoms with Crippen LogP contribution in [0, 0.1) is 29.5 Å². The molecule has 0 radical (unpaired) electrons. The van der Waals surface area contributed by atoms with Gasteiger partial charge in [-0.05, 0) is 75.0 Å². The minimum Gasteiger partial charge on any atom is -0.378 e. The Morgan fingerprint density at radius 3 is 2.48 bits per heavy atom. The Kier molecular flexibility index (Phi) is 5.51. The third-order valence-corrected chi connectivity index (χ3v) is 7.78. The lowest BCUT2D eigenvalue weighted by Gasteiger charge is -2.31. The van der Waals surface area contributed by atoms with Crippen LogP contribution in [0.1, 0.15) is 67.0 Å². The lowest BCUT2D eigenvalue weighted by atomic mass is 9.80.